The molecule has 0 bridgehead atoms. The van der Waals surface area contributed by atoms with Gasteiger partial charge in [0.15, 0.2) is 0 Å². The highest BCUT2D eigenvalue weighted by molar-refractivity contribution is 6.51. The number of ether oxygens (including phenoxy) is 1. The average Bonchev–Trinajstić information content (AvgIpc) is 3.29. The number of amides is 1. The van der Waals surface area contributed by atoms with Crippen LogP contribution in [-0.4, -0.2) is 23.9 Å². The number of aryl methyl sites for hydroxylation is 1. The Morgan fingerprint density at radius 3 is 2.32 bits per heavy atom. The van der Waals surface area contributed by atoms with E-state index in [1.54, 1.807) is 55.5 Å². The van der Waals surface area contributed by atoms with E-state index in [-0.39, 0.29) is 11.1 Å². The first kappa shape index (κ1) is 21.0. The number of furan rings is 1. The number of methoxy groups -OCH3 is 1. The monoisotopic (exact) mass is 457 g/mol. The van der Waals surface area contributed by atoms with Crippen molar-refractivity contribution in [3.63, 3.8) is 0 Å². The number of rotatable bonds is 4. The van der Waals surface area contributed by atoms with Crippen LogP contribution in [0.5, 0.6) is 5.75 Å². The molecule has 31 heavy (non-hydrogen) atoms. The Morgan fingerprint density at radius 2 is 1.71 bits per heavy atom. The van der Waals surface area contributed by atoms with E-state index in [0.29, 0.717) is 33.0 Å². The largest absolute Gasteiger partial charge is 0.507 e. The fourth-order valence-electron chi connectivity index (χ4n) is 3.58. The van der Waals surface area contributed by atoms with E-state index >= 15 is 0 Å². The maximum Gasteiger partial charge on any atom is 0.300 e. The number of aliphatic hydroxyl groups excluding tert-OH is 1. The zero-order chi connectivity index (χ0) is 22.3. The van der Waals surface area contributed by atoms with Gasteiger partial charge in [0, 0.05) is 15.7 Å². The van der Waals surface area contributed by atoms with Gasteiger partial charge in [0.25, 0.3) is 11.7 Å². The number of nitrogens with zero attached hydrogens (tertiary/aromatic N) is 1. The summed E-state index contributed by atoms with van der Waals surface area (Å²) in [5.41, 5.74) is 0.495. The topological polar surface area (TPSA) is 80.0 Å². The second kappa shape index (κ2) is 8.13. The third kappa shape index (κ3) is 3.69. The molecular weight excluding hydrogens is 441 g/mol. The van der Waals surface area contributed by atoms with Crippen LogP contribution >= 0.6 is 23.2 Å². The molecule has 1 unspecified atom stereocenters. The molecule has 1 aromatic heterocycles. The van der Waals surface area contributed by atoms with E-state index in [1.807, 2.05) is 0 Å². The molecule has 1 saturated heterocycles. The number of halogens is 2. The number of ketones is 1. The molecule has 1 N–H and O–H groups in total. The van der Waals surface area contributed by atoms with Gasteiger partial charge in [-0.15, -0.1) is 0 Å². The Bertz CT molecular complexity index is 1210. The van der Waals surface area contributed by atoms with E-state index in [2.05, 4.69) is 0 Å². The van der Waals surface area contributed by atoms with Crippen molar-refractivity contribution in [1.82, 2.24) is 0 Å². The zero-order valence-electron chi connectivity index (χ0n) is 16.6. The van der Waals surface area contributed by atoms with E-state index < -0.39 is 23.5 Å². The van der Waals surface area contributed by atoms with Gasteiger partial charge in [-0.25, -0.2) is 0 Å². The first-order valence-electron chi connectivity index (χ1n) is 9.28. The second-order valence-electron chi connectivity index (χ2n) is 6.94. The molecule has 158 valence electrons. The van der Waals surface area contributed by atoms with Crippen LogP contribution < -0.4 is 9.64 Å². The average molecular weight is 458 g/mol. The fraction of sp³-hybridized carbons (Fsp3) is 0.130. The molecule has 0 radical (unpaired) electrons. The number of carbonyl (C=O) groups is 2. The van der Waals surface area contributed by atoms with E-state index in [0.717, 1.165) is 0 Å². The molecule has 8 heteroatoms. The Balaban J connectivity index is 1.97. The molecule has 1 amide bonds. The molecule has 1 aliphatic rings. The summed E-state index contributed by atoms with van der Waals surface area (Å²) in [7, 11) is 1.43. The lowest BCUT2D eigenvalue weighted by Gasteiger charge is -2.23. The summed E-state index contributed by atoms with van der Waals surface area (Å²) in [6.45, 7) is 1.75. The van der Waals surface area contributed by atoms with Crippen LogP contribution in [0.15, 0.2) is 64.6 Å². The van der Waals surface area contributed by atoms with Crippen LogP contribution in [0.4, 0.5) is 5.69 Å². The van der Waals surface area contributed by atoms with Crippen molar-refractivity contribution in [3.05, 3.63) is 87.3 Å². The normalized spacial score (nSPS) is 17.9. The van der Waals surface area contributed by atoms with Gasteiger partial charge in [-0.3, -0.25) is 14.5 Å². The van der Waals surface area contributed by atoms with Gasteiger partial charge >= 0.3 is 0 Å². The smallest absolute Gasteiger partial charge is 0.300 e. The highest BCUT2D eigenvalue weighted by Crippen LogP contribution is 2.44. The Morgan fingerprint density at radius 1 is 1.03 bits per heavy atom. The summed E-state index contributed by atoms with van der Waals surface area (Å²) in [6, 6.07) is 13.5. The lowest BCUT2D eigenvalue weighted by Crippen LogP contribution is -2.29. The van der Waals surface area contributed by atoms with E-state index in [1.165, 1.54) is 18.1 Å². The molecular formula is C23H17Cl2NO5. The molecule has 3 aromatic rings. The highest BCUT2D eigenvalue weighted by atomic mass is 35.5. The summed E-state index contributed by atoms with van der Waals surface area (Å²) in [5, 5.41) is 12.0. The summed E-state index contributed by atoms with van der Waals surface area (Å²) >= 11 is 12.1. The second-order valence-corrected chi connectivity index (χ2v) is 7.81. The van der Waals surface area contributed by atoms with Crippen molar-refractivity contribution in [1.29, 1.82) is 0 Å². The number of carbonyl (C=O) groups excluding carboxylic acids is 2. The number of hydrogen-bond donors (Lipinski definition) is 1. The minimum Gasteiger partial charge on any atom is -0.507 e. The van der Waals surface area contributed by atoms with Crippen LogP contribution in [-0.2, 0) is 9.59 Å². The Labute approximate surface area is 188 Å². The maximum absolute atomic E-state index is 13.1. The van der Waals surface area contributed by atoms with Gasteiger partial charge in [0.1, 0.15) is 29.1 Å². The molecule has 2 heterocycles. The predicted molar refractivity (Wildman–Crippen MR) is 118 cm³/mol. The first-order chi connectivity index (χ1) is 14.8. The van der Waals surface area contributed by atoms with E-state index in [9.17, 15) is 14.7 Å². The van der Waals surface area contributed by atoms with Crippen LogP contribution in [0.25, 0.3) is 5.76 Å². The van der Waals surface area contributed by atoms with Gasteiger partial charge in [-0.05, 0) is 61.5 Å². The van der Waals surface area contributed by atoms with Gasteiger partial charge in [0.2, 0.25) is 0 Å². The van der Waals surface area contributed by atoms with E-state index in [4.69, 9.17) is 32.4 Å². The molecule has 6 nitrogen and oxygen atoms in total. The quantitative estimate of drug-likeness (QED) is 0.316. The fourth-order valence-corrected chi connectivity index (χ4v) is 3.88. The van der Waals surface area contributed by atoms with Crippen molar-refractivity contribution in [2.45, 2.75) is 13.0 Å². The SMILES string of the molecule is COc1ccc(Cl)cc1/C(O)=C1\C(=O)C(=O)N(c2ccc(Cl)cc2)C1c1ccc(C)o1. The van der Waals surface area contributed by atoms with Crippen LogP contribution in [0.2, 0.25) is 10.0 Å². The molecule has 2 aromatic carbocycles. The first-order valence-corrected chi connectivity index (χ1v) is 10.0. The molecule has 0 saturated carbocycles. The number of anilines is 1. The predicted octanol–water partition coefficient (Wildman–Crippen LogP) is 5.53. The lowest BCUT2D eigenvalue weighted by molar-refractivity contribution is -0.132. The molecule has 4 rings (SSSR count). The summed E-state index contributed by atoms with van der Waals surface area (Å²) in [6.07, 6.45) is 0. The Kier molecular flexibility index (Phi) is 5.52. The summed E-state index contributed by atoms with van der Waals surface area (Å²) in [5.74, 6) is -0.842. The number of Topliss-reactive ketones (excluding diaryl/α,β-unsaturated/α-hetero) is 1. The molecule has 0 spiro atoms. The van der Waals surface area contributed by atoms with Gasteiger partial charge < -0.3 is 14.3 Å². The minimum atomic E-state index is -0.987. The number of hydrogen-bond acceptors (Lipinski definition) is 5. The number of benzene rings is 2. The van der Waals surface area contributed by atoms with Gasteiger partial charge in [0.05, 0.1) is 18.2 Å². The van der Waals surface area contributed by atoms with Crippen molar-refractivity contribution < 1.29 is 23.8 Å². The van der Waals surface area contributed by atoms with Gasteiger partial charge in [-0.2, -0.15) is 0 Å². The minimum absolute atomic E-state index is 0.130. The lowest BCUT2D eigenvalue weighted by atomic mass is 9.98. The highest BCUT2D eigenvalue weighted by Gasteiger charge is 2.48. The molecule has 1 aliphatic heterocycles. The number of aliphatic hydroxyl groups is 1. The van der Waals surface area contributed by atoms with Crippen molar-refractivity contribution in [3.8, 4) is 5.75 Å². The summed E-state index contributed by atoms with van der Waals surface area (Å²) < 4.78 is 11.1. The third-order valence-electron chi connectivity index (χ3n) is 5.00. The molecule has 0 aliphatic carbocycles. The van der Waals surface area contributed by atoms with Crippen molar-refractivity contribution >= 4 is 46.3 Å². The van der Waals surface area contributed by atoms with Crippen LogP contribution in [0.3, 0.4) is 0 Å². The van der Waals surface area contributed by atoms with Crippen molar-refractivity contribution in [2.75, 3.05) is 12.0 Å². The maximum atomic E-state index is 13.1. The summed E-state index contributed by atoms with van der Waals surface area (Å²) in [4.78, 5) is 27.4. The Hall–Kier alpha value is -3.22. The molecule has 1 atom stereocenters. The molecule has 1 fully saturated rings. The standard InChI is InChI=1S/C23H17Cl2NO5/c1-12-3-9-18(31-12)20-19(21(27)16-11-14(25)6-10-17(16)30-2)22(28)23(29)26(20)15-7-4-13(24)5-8-15/h3-11,20,27H,1-2H3/b21-19+. The zero-order valence-corrected chi connectivity index (χ0v) is 18.1. The third-order valence-corrected chi connectivity index (χ3v) is 5.48. The van der Waals surface area contributed by atoms with Gasteiger partial charge in [-0.1, -0.05) is 23.2 Å². The van der Waals surface area contributed by atoms with Crippen LogP contribution in [0, 0.1) is 6.92 Å². The van der Waals surface area contributed by atoms with Crippen molar-refractivity contribution in [2.24, 2.45) is 0 Å². The van der Waals surface area contributed by atoms with Crippen LogP contribution in [0.1, 0.15) is 23.1 Å².